The molecule has 18 heavy (non-hydrogen) atoms. The molecule has 0 amide bonds. The molecule has 0 N–H and O–H groups in total. The predicted molar refractivity (Wildman–Crippen MR) is 67.0 cm³/mol. The quantitative estimate of drug-likeness (QED) is 0.629. The molecule has 0 aliphatic heterocycles. The average molecular weight is 277 g/mol. The molecule has 0 aromatic heterocycles. The van der Waals surface area contributed by atoms with E-state index in [2.05, 4.69) is 6.92 Å². The minimum atomic E-state index is -4.27. The zero-order valence-electron chi connectivity index (χ0n) is 10.4. The summed E-state index contributed by atoms with van der Waals surface area (Å²) >= 11 is 6.12. The molecule has 1 saturated carbocycles. The molecule has 1 aliphatic carbocycles. The lowest BCUT2D eigenvalue weighted by atomic mass is 9.78. The number of rotatable bonds is 1. The Morgan fingerprint density at radius 1 is 1.33 bits per heavy atom. The van der Waals surface area contributed by atoms with E-state index in [0.29, 0.717) is 5.56 Å². The maximum absolute atomic E-state index is 12.6. The third-order valence-electron chi connectivity index (χ3n) is 3.89. The van der Waals surface area contributed by atoms with Crippen LogP contribution in [0.2, 0.25) is 0 Å². The van der Waals surface area contributed by atoms with Gasteiger partial charge in [0.1, 0.15) is 0 Å². The molecule has 1 aliphatic rings. The summed E-state index contributed by atoms with van der Waals surface area (Å²) in [5, 5.41) is 0.136. The predicted octanol–water partition coefficient (Wildman–Crippen LogP) is 5.06. The highest BCUT2D eigenvalue weighted by Gasteiger charge is 2.38. The van der Waals surface area contributed by atoms with E-state index in [-0.39, 0.29) is 10.8 Å². The summed E-state index contributed by atoms with van der Waals surface area (Å²) in [6, 6.07) is 4.03. The monoisotopic (exact) mass is 276 g/mol. The fourth-order valence-corrected chi connectivity index (χ4v) is 3.38. The van der Waals surface area contributed by atoms with Crippen LogP contribution in [0.4, 0.5) is 13.2 Å². The van der Waals surface area contributed by atoms with Crippen LogP contribution < -0.4 is 0 Å². The number of alkyl halides is 4. The molecule has 0 nitrogen and oxygen atoms in total. The molecule has 2 rings (SSSR count). The third-order valence-corrected chi connectivity index (χ3v) is 4.26. The number of halogens is 4. The van der Waals surface area contributed by atoms with Gasteiger partial charge in [-0.3, -0.25) is 0 Å². The molecule has 2 atom stereocenters. The lowest BCUT2D eigenvalue weighted by molar-refractivity contribution is -0.137. The van der Waals surface area contributed by atoms with Crippen LogP contribution in [0.3, 0.4) is 0 Å². The Morgan fingerprint density at radius 2 is 2.00 bits per heavy atom. The SMILES string of the molecule is Cc1cc(C(F)(F)F)ccc1C1(C)CCC(Cl)C1. The van der Waals surface area contributed by atoms with Crippen LogP contribution in [-0.4, -0.2) is 5.38 Å². The highest BCUT2D eigenvalue weighted by Crippen LogP contribution is 2.44. The zero-order valence-corrected chi connectivity index (χ0v) is 11.2. The molecule has 100 valence electrons. The molecule has 0 spiro atoms. The smallest absolute Gasteiger partial charge is 0.166 e. The Hall–Kier alpha value is -0.700. The van der Waals surface area contributed by atoms with Gasteiger partial charge in [-0.1, -0.05) is 13.0 Å². The fraction of sp³-hybridized carbons (Fsp3) is 0.571. The number of hydrogen-bond donors (Lipinski definition) is 0. The van der Waals surface area contributed by atoms with Gasteiger partial charge >= 0.3 is 6.18 Å². The first-order valence-electron chi connectivity index (χ1n) is 6.05. The Morgan fingerprint density at radius 3 is 2.44 bits per heavy atom. The zero-order chi connectivity index (χ0) is 13.6. The normalized spacial score (nSPS) is 28.7. The Bertz CT molecular complexity index is 453. The van der Waals surface area contributed by atoms with Gasteiger partial charge in [-0.2, -0.15) is 13.2 Å². The van der Waals surface area contributed by atoms with Gasteiger partial charge in [-0.05, 0) is 54.9 Å². The highest BCUT2D eigenvalue weighted by molar-refractivity contribution is 6.20. The Labute approximate surface area is 110 Å². The summed E-state index contributed by atoms with van der Waals surface area (Å²) in [5.41, 5.74) is 1.05. The minimum absolute atomic E-state index is 0.0827. The van der Waals surface area contributed by atoms with E-state index in [4.69, 9.17) is 11.6 Å². The fourth-order valence-electron chi connectivity index (χ4n) is 2.93. The summed E-state index contributed by atoms with van der Waals surface area (Å²) in [6.45, 7) is 3.84. The molecule has 0 bridgehead atoms. The van der Waals surface area contributed by atoms with Crippen LogP contribution in [0.1, 0.15) is 42.9 Å². The third kappa shape index (κ3) is 2.51. The summed E-state index contributed by atoms with van der Waals surface area (Å²) in [6.07, 6.45) is -1.57. The van der Waals surface area contributed by atoms with E-state index in [1.165, 1.54) is 12.1 Å². The number of benzene rings is 1. The summed E-state index contributed by atoms with van der Waals surface area (Å²) < 4.78 is 37.8. The van der Waals surface area contributed by atoms with Crippen molar-refractivity contribution in [1.29, 1.82) is 0 Å². The van der Waals surface area contributed by atoms with Crippen LogP contribution >= 0.6 is 11.6 Å². The summed E-state index contributed by atoms with van der Waals surface area (Å²) in [5.74, 6) is 0. The number of hydrogen-bond acceptors (Lipinski definition) is 0. The topological polar surface area (TPSA) is 0 Å². The van der Waals surface area contributed by atoms with Gasteiger partial charge in [-0.25, -0.2) is 0 Å². The Balaban J connectivity index is 2.36. The molecule has 0 saturated heterocycles. The Kier molecular flexibility index (Phi) is 3.39. The van der Waals surface area contributed by atoms with E-state index in [1.54, 1.807) is 13.0 Å². The second kappa shape index (κ2) is 4.44. The lowest BCUT2D eigenvalue weighted by Crippen LogP contribution is -2.20. The van der Waals surface area contributed by atoms with Crippen molar-refractivity contribution in [2.45, 2.75) is 50.1 Å². The summed E-state index contributed by atoms with van der Waals surface area (Å²) in [7, 11) is 0. The first-order chi connectivity index (χ1) is 8.22. The highest BCUT2D eigenvalue weighted by atomic mass is 35.5. The molecular weight excluding hydrogens is 261 g/mol. The first-order valence-corrected chi connectivity index (χ1v) is 6.48. The van der Waals surface area contributed by atoms with Gasteiger partial charge in [0.25, 0.3) is 0 Å². The number of aryl methyl sites for hydroxylation is 1. The van der Waals surface area contributed by atoms with Crippen molar-refractivity contribution in [1.82, 2.24) is 0 Å². The van der Waals surface area contributed by atoms with Gasteiger partial charge in [0.15, 0.2) is 0 Å². The van der Waals surface area contributed by atoms with Crippen molar-refractivity contribution in [2.24, 2.45) is 0 Å². The molecular formula is C14H16ClF3. The molecule has 1 aromatic carbocycles. The van der Waals surface area contributed by atoms with Crippen LogP contribution in [0.25, 0.3) is 0 Å². The largest absolute Gasteiger partial charge is 0.416 e. The summed E-state index contributed by atoms with van der Waals surface area (Å²) in [4.78, 5) is 0. The van der Waals surface area contributed by atoms with Crippen LogP contribution in [0.5, 0.6) is 0 Å². The van der Waals surface area contributed by atoms with Crippen molar-refractivity contribution in [3.63, 3.8) is 0 Å². The van der Waals surface area contributed by atoms with E-state index in [9.17, 15) is 13.2 Å². The van der Waals surface area contributed by atoms with E-state index in [0.717, 1.165) is 24.8 Å². The van der Waals surface area contributed by atoms with Crippen molar-refractivity contribution in [3.05, 3.63) is 34.9 Å². The first kappa shape index (κ1) is 13.7. The van der Waals surface area contributed by atoms with Gasteiger partial charge in [0.05, 0.1) is 5.56 Å². The van der Waals surface area contributed by atoms with E-state index < -0.39 is 11.7 Å². The van der Waals surface area contributed by atoms with Crippen molar-refractivity contribution in [2.75, 3.05) is 0 Å². The van der Waals surface area contributed by atoms with Gasteiger partial charge in [0, 0.05) is 5.38 Å². The van der Waals surface area contributed by atoms with Gasteiger partial charge < -0.3 is 0 Å². The van der Waals surface area contributed by atoms with Gasteiger partial charge in [0.2, 0.25) is 0 Å². The molecule has 0 radical (unpaired) electrons. The maximum Gasteiger partial charge on any atom is 0.416 e. The lowest BCUT2D eigenvalue weighted by Gasteiger charge is -2.27. The van der Waals surface area contributed by atoms with Crippen molar-refractivity contribution in [3.8, 4) is 0 Å². The molecule has 4 heteroatoms. The molecule has 1 fully saturated rings. The van der Waals surface area contributed by atoms with Crippen LogP contribution in [0, 0.1) is 6.92 Å². The minimum Gasteiger partial charge on any atom is -0.166 e. The van der Waals surface area contributed by atoms with Crippen LogP contribution in [-0.2, 0) is 11.6 Å². The van der Waals surface area contributed by atoms with Crippen LogP contribution in [0.15, 0.2) is 18.2 Å². The second-order valence-electron chi connectivity index (χ2n) is 5.43. The van der Waals surface area contributed by atoms with Crippen molar-refractivity contribution < 1.29 is 13.2 Å². The average Bonchev–Trinajstić information content (AvgIpc) is 2.58. The van der Waals surface area contributed by atoms with E-state index >= 15 is 0 Å². The van der Waals surface area contributed by atoms with Crippen molar-refractivity contribution >= 4 is 11.6 Å². The molecule has 1 aromatic rings. The van der Waals surface area contributed by atoms with E-state index in [1.807, 2.05) is 0 Å². The van der Waals surface area contributed by atoms with Gasteiger partial charge in [-0.15, -0.1) is 11.6 Å². The standard InChI is InChI=1S/C14H16ClF3/c1-9-7-10(14(16,17)18)3-4-12(9)13(2)6-5-11(15)8-13/h3-4,7,11H,5-6,8H2,1-2H3. The molecule has 2 unspecified atom stereocenters. The maximum atomic E-state index is 12.6. The molecule has 0 heterocycles. The second-order valence-corrected chi connectivity index (χ2v) is 6.05.